The van der Waals surface area contributed by atoms with E-state index in [2.05, 4.69) is 46.3 Å². The van der Waals surface area contributed by atoms with Crippen LogP contribution in [0.15, 0.2) is 24.3 Å². The van der Waals surface area contributed by atoms with Crippen molar-refractivity contribution in [2.24, 2.45) is 0 Å². The summed E-state index contributed by atoms with van der Waals surface area (Å²) in [5.74, 6) is -0.143. The van der Waals surface area contributed by atoms with Crippen molar-refractivity contribution in [1.29, 1.82) is 0 Å². The molecule has 0 fully saturated rings. The molecule has 0 aliphatic rings. The Morgan fingerprint density at radius 2 is 1.40 bits per heavy atom. The maximum atomic E-state index is 12.3. The third-order valence-electron chi connectivity index (χ3n) is 2.65. The molecule has 0 aromatic heterocycles. The van der Waals surface area contributed by atoms with E-state index in [0.717, 1.165) is 5.30 Å². The van der Waals surface area contributed by atoms with Crippen molar-refractivity contribution in [3.8, 4) is 5.75 Å². The topological polar surface area (TPSA) is 9.23 Å². The van der Waals surface area contributed by atoms with Crippen LogP contribution < -0.4 is 10.0 Å². The summed E-state index contributed by atoms with van der Waals surface area (Å²) in [6.45, 7) is 12.8. The van der Waals surface area contributed by atoms with Gasteiger partial charge in [-0.05, 0) is 27.7 Å². The van der Waals surface area contributed by atoms with Crippen LogP contribution in [0.5, 0.6) is 5.75 Å². The molecule has 0 heterocycles. The van der Waals surface area contributed by atoms with Crippen LogP contribution in [0.3, 0.4) is 0 Å². The Bertz CT molecular complexity index is 441. The highest BCUT2D eigenvalue weighted by atomic mass is 31.1. The molecule has 0 saturated carbocycles. The number of halogens is 3. The molecule has 1 aromatic carbocycles. The van der Waals surface area contributed by atoms with Gasteiger partial charge in [-0.1, -0.05) is 61.6 Å². The Hall–Kier alpha value is -0.760. The normalized spacial score (nSPS) is 13.7. The number of hydrogen-bond donors (Lipinski definition) is 0. The summed E-state index contributed by atoms with van der Waals surface area (Å²) in [5, 5.41) is 0.941. The molecule has 0 radical (unpaired) electrons. The van der Waals surface area contributed by atoms with Crippen LogP contribution in [0.25, 0.3) is 0 Å². The maximum absolute atomic E-state index is 12.3. The zero-order chi connectivity index (χ0) is 15.8. The van der Waals surface area contributed by atoms with E-state index in [9.17, 15) is 13.2 Å². The summed E-state index contributed by atoms with van der Waals surface area (Å²) in [6.07, 6.45) is -4.65. The first-order chi connectivity index (χ1) is 8.81. The van der Waals surface area contributed by atoms with Gasteiger partial charge in [0, 0.05) is 0 Å². The first-order valence-corrected chi connectivity index (χ1v) is 7.81. The van der Waals surface area contributed by atoms with E-state index in [0.29, 0.717) is 0 Å². The number of hydrogen-bond acceptors (Lipinski definition) is 1. The minimum atomic E-state index is -4.65. The van der Waals surface area contributed by atoms with E-state index in [1.54, 1.807) is 6.07 Å². The van der Waals surface area contributed by atoms with Crippen LogP contribution in [0, 0.1) is 0 Å². The van der Waals surface area contributed by atoms with Gasteiger partial charge in [0.1, 0.15) is 5.75 Å². The number of benzene rings is 1. The van der Waals surface area contributed by atoms with Crippen LogP contribution in [-0.2, 0) is 0 Å². The van der Waals surface area contributed by atoms with Crippen LogP contribution in [0.1, 0.15) is 41.5 Å². The Morgan fingerprint density at radius 1 is 0.900 bits per heavy atom. The Labute approximate surface area is 120 Å². The molecule has 0 spiro atoms. The van der Waals surface area contributed by atoms with Crippen molar-refractivity contribution >= 4 is 13.2 Å². The molecule has 0 aliphatic carbocycles. The second-order valence-electron chi connectivity index (χ2n) is 6.72. The van der Waals surface area contributed by atoms with E-state index in [1.165, 1.54) is 12.1 Å². The lowest BCUT2D eigenvalue weighted by molar-refractivity contribution is -0.274. The Balaban J connectivity index is 3.20. The van der Waals surface area contributed by atoms with E-state index in [-0.39, 0.29) is 16.1 Å². The standard InChI is InChI=1S/C15H22F3OP/c1-13(2,3)20(14(4,5)6)12-9-7-8-11(10-12)19-15(16,17)18/h7-10H,1-6H3. The van der Waals surface area contributed by atoms with Gasteiger partial charge in [0.05, 0.1) is 0 Å². The average molecular weight is 306 g/mol. The van der Waals surface area contributed by atoms with Crippen molar-refractivity contribution in [2.45, 2.75) is 58.2 Å². The van der Waals surface area contributed by atoms with Gasteiger partial charge in [-0.3, -0.25) is 0 Å². The molecule has 1 rings (SSSR count). The number of rotatable bonds is 2. The average Bonchev–Trinajstić information content (AvgIpc) is 2.09. The minimum Gasteiger partial charge on any atom is -0.406 e. The maximum Gasteiger partial charge on any atom is 0.573 e. The molecule has 20 heavy (non-hydrogen) atoms. The molecule has 0 amide bonds. The summed E-state index contributed by atoms with van der Waals surface area (Å²) in [6, 6.07) is 6.39. The second-order valence-corrected chi connectivity index (χ2v) is 10.6. The lowest BCUT2D eigenvalue weighted by Crippen LogP contribution is -2.31. The van der Waals surface area contributed by atoms with Gasteiger partial charge in [0.2, 0.25) is 0 Å². The molecular weight excluding hydrogens is 284 g/mol. The summed E-state index contributed by atoms with van der Waals surface area (Å²) >= 11 is 0. The molecule has 0 saturated heterocycles. The highest BCUT2D eigenvalue weighted by Gasteiger charge is 2.36. The second kappa shape index (κ2) is 5.55. The SMILES string of the molecule is CC(C)(C)P(c1cccc(OC(F)(F)F)c1)C(C)(C)C. The molecule has 1 nitrogen and oxygen atoms in total. The summed E-state index contributed by atoms with van der Waals surface area (Å²) in [5.41, 5.74) is 0. The van der Waals surface area contributed by atoms with Gasteiger partial charge in [0.15, 0.2) is 0 Å². The van der Waals surface area contributed by atoms with Gasteiger partial charge in [-0.2, -0.15) is 0 Å². The van der Waals surface area contributed by atoms with Crippen LogP contribution >= 0.6 is 7.92 Å². The molecule has 0 atom stereocenters. The lowest BCUT2D eigenvalue weighted by atomic mass is 10.2. The third-order valence-corrected chi connectivity index (χ3v) is 6.13. The fourth-order valence-corrected chi connectivity index (χ4v) is 6.65. The highest BCUT2D eigenvalue weighted by Crippen LogP contribution is 2.58. The zero-order valence-electron chi connectivity index (χ0n) is 12.8. The molecule has 1 aromatic rings. The quantitative estimate of drug-likeness (QED) is 0.675. The smallest absolute Gasteiger partial charge is 0.406 e. The largest absolute Gasteiger partial charge is 0.573 e. The molecule has 5 heteroatoms. The summed E-state index contributed by atoms with van der Waals surface area (Å²) < 4.78 is 41.0. The minimum absolute atomic E-state index is 0.00440. The predicted octanol–water partition coefficient (Wildman–Crippen LogP) is 5.29. The lowest BCUT2D eigenvalue weighted by Gasteiger charge is -2.41. The molecule has 0 bridgehead atoms. The van der Waals surface area contributed by atoms with Crippen molar-refractivity contribution in [1.82, 2.24) is 0 Å². The van der Waals surface area contributed by atoms with Crippen LogP contribution in [0.2, 0.25) is 0 Å². The zero-order valence-corrected chi connectivity index (χ0v) is 13.7. The van der Waals surface area contributed by atoms with Gasteiger partial charge < -0.3 is 4.74 Å². The van der Waals surface area contributed by atoms with Gasteiger partial charge in [-0.25, -0.2) is 0 Å². The summed E-state index contributed by atoms with van der Waals surface area (Å²) in [7, 11) is -0.643. The van der Waals surface area contributed by atoms with E-state index in [1.807, 2.05) is 6.07 Å². The summed E-state index contributed by atoms with van der Waals surface area (Å²) in [4.78, 5) is 0. The van der Waals surface area contributed by atoms with E-state index in [4.69, 9.17) is 0 Å². The Morgan fingerprint density at radius 3 is 1.80 bits per heavy atom. The molecule has 114 valence electrons. The van der Waals surface area contributed by atoms with Crippen molar-refractivity contribution < 1.29 is 17.9 Å². The van der Waals surface area contributed by atoms with Crippen molar-refractivity contribution in [3.63, 3.8) is 0 Å². The molecule has 0 N–H and O–H groups in total. The van der Waals surface area contributed by atoms with Crippen molar-refractivity contribution in [3.05, 3.63) is 24.3 Å². The monoisotopic (exact) mass is 306 g/mol. The third kappa shape index (κ3) is 4.97. The van der Waals surface area contributed by atoms with Crippen molar-refractivity contribution in [2.75, 3.05) is 0 Å². The number of alkyl halides is 3. The first-order valence-electron chi connectivity index (χ1n) is 6.47. The fourth-order valence-electron chi connectivity index (χ4n) is 2.60. The first kappa shape index (κ1) is 17.3. The van der Waals surface area contributed by atoms with E-state index < -0.39 is 14.3 Å². The number of ether oxygens (including phenoxy) is 1. The molecule has 0 aliphatic heterocycles. The predicted molar refractivity (Wildman–Crippen MR) is 79.2 cm³/mol. The Kier molecular flexibility index (Phi) is 4.80. The van der Waals surface area contributed by atoms with Gasteiger partial charge in [0.25, 0.3) is 0 Å². The molecular formula is C15H22F3OP. The molecule has 0 unspecified atom stereocenters. The van der Waals surface area contributed by atoms with Gasteiger partial charge >= 0.3 is 6.36 Å². The van der Waals surface area contributed by atoms with E-state index >= 15 is 0 Å². The van der Waals surface area contributed by atoms with Crippen LogP contribution in [-0.4, -0.2) is 16.7 Å². The fraction of sp³-hybridized carbons (Fsp3) is 0.600. The highest BCUT2D eigenvalue weighted by molar-refractivity contribution is 7.68. The van der Waals surface area contributed by atoms with Gasteiger partial charge in [-0.15, -0.1) is 13.2 Å². The van der Waals surface area contributed by atoms with Crippen LogP contribution in [0.4, 0.5) is 13.2 Å².